The monoisotopic (exact) mass is 277 g/mol. The summed E-state index contributed by atoms with van der Waals surface area (Å²) in [6.45, 7) is 3.72. The van der Waals surface area contributed by atoms with E-state index in [2.05, 4.69) is 0 Å². The Labute approximate surface area is 108 Å². The number of carbonyl (C=O) groups excluding carboxylic acids is 1. The van der Waals surface area contributed by atoms with Crippen molar-refractivity contribution < 1.29 is 22.4 Å². The Morgan fingerprint density at radius 2 is 1.89 bits per heavy atom. The van der Waals surface area contributed by atoms with Gasteiger partial charge in [-0.2, -0.15) is 13.2 Å². The van der Waals surface area contributed by atoms with Gasteiger partial charge in [0.1, 0.15) is 5.82 Å². The fraction of sp³-hybridized carbons (Fsp3) is 0.462. The van der Waals surface area contributed by atoms with E-state index in [1.54, 1.807) is 0 Å². The highest BCUT2D eigenvalue weighted by atomic mass is 19.4. The Kier molecular flexibility index (Phi) is 4.68. The lowest BCUT2D eigenvalue weighted by molar-refractivity contribution is -0.140. The van der Waals surface area contributed by atoms with Gasteiger partial charge in [-0.15, -0.1) is 0 Å². The number of nitrogens with two attached hydrogens (primary N) is 1. The molecule has 0 aliphatic heterocycles. The van der Waals surface area contributed by atoms with E-state index in [0.29, 0.717) is 18.6 Å². The number of ketones is 1. The van der Waals surface area contributed by atoms with Crippen LogP contribution in [0.4, 0.5) is 17.6 Å². The number of alkyl halides is 3. The molecule has 1 rings (SSSR count). The Balaban J connectivity index is 2.98. The lowest BCUT2D eigenvalue weighted by Crippen LogP contribution is -2.32. The van der Waals surface area contributed by atoms with Crippen molar-refractivity contribution in [2.24, 2.45) is 11.7 Å². The molecule has 1 atom stereocenters. The van der Waals surface area contributed by atoms with Crippen molar-refractivity contribution in [3.8, 4) is 0 Å². The summed E-state index contributed by atoms with van der Waals surface area (Å²) in [5, 5.41) is 0. The quantitative estimate of drug-likeness (QED) is 0.677. The second-order valence-corrected chi connectivity index (χ2v) is 4.79. The molecule has 6 heteroatoms. The molecular weight excluding hydrogens is 262 g/mol. The van der Waals surface area contributed by atoms with Crippen molar-refractivity contribution >= 4 is 5.78 Å². The molecular formula is C13H15F4NO. The van der Waals surface area contributed by atoms with E-state index in [-0.39, 0.29) is 11.5 Å². The molecule has 2 N–H and O–H groups in total. The average Bonchev–Trinajstić information content (AvgIpc) is 2.25. The molecule has 0 heterocycles. The van der Waals surface area contributed by atoms with Gasteiger partial charge in [0.25, 0.3) is 0 Å². The topological polar surface area (TPSA) is 43.1 Å². The Hall–Kier alpha value is -1.43. The Bertz CT molecular complexity index is 468. The third kappa shape index (κ3) is 4.02. The molecule has 0 bridgehead atoms. The maximum absolute atomic E-state index is 13.3. The van der Waals surface area contributed by atoms with E-state index in [9.17, 15) is 22.4 Å². The summed E-state index contributed by atoms with van der Waals surface area (Å²) in [4.78, 5) is 11.8. The van der Waals surface area contributed by atoms with Crippen LogP contribution in [0.5, 0.6) is 0 Å². The largest absolute Gasteiger partial charge is 0.419 e. The molecule has 106 valence electrons. The minimum Gasteiger partial charge on any atom is -0.321 e. The van der Waals surface area contributed by atoms with Gasteiger partial charge in [-0.1, -0.05) is 19.9 Å². The van der Waals surface area contributed by atoms with E-state index in [0.717, 1.165) is 6.07 Å². The molecule has 0 saturated heterocycles. The lowest BCUT2D eigenvalue weighted by Gasteiger charge is -2.14. The second kappa shape index (κ2) is 5.69. The van der Waals surface area contributed by atoms with Crippen molar-refractivity contribution in [1.29, 1.82) is 0 Å². The molecule has 0 fully saturated rings. The van der Waals surface area contributed by atoms with Crippen molar-refractivity contribution in [3.63, 3.8) is 0 Å². The fourth-order valence-corrected chi connectivity index (χ4v) is 1.73. The van der Waals surface area contributed by atoms with E-state index in [1.165, 1.54) is 0 Å². The summed E-state index contributed by atoms with van der Waals surface area (Å²) in [6, 6.07) is 1.26. The molecule has 0 aliphatic rings. The van der Waals surface area contributed by atoms with Crippen LogP contribution in [-0.2, 0) is 6.18 Å². The number of Topliss-reactive ketones (excluding diaryl/α,β-unsaturated/α-hetero) is 1. The van der Waals surface area contributed by atoms with E-state index in [4.69, 9.17) is 5.73 Å². The molecule has 1 unspecified atom stereocenters. The number of benzene rings is 1. The molecule has 0 saturated carbocycles. The van der Waals surface area contributed by atoms with Crippen molar-refractivity contribution in [2.45, 2.75) is 32.5 Å². The smallest absolute Gasteiger partial charge is 0.321 e. The van der Waals surface area contributed by atoms with Gasteiger partial charge < -0.3 is 5.73 Å². The van der Waals surface area contributed by atoms with Gasteiger partial charge in [0.05, 0.1) is 11.6 Å². The van der Waals surface area contributed by atoms with Crippen LogP contribution in [0, 0.1) is 11.7 Å². The van der Waals surface area contributed by atoms with Crippen LogP contribution in [0.3, 0.4) is 0 Å². The summed E-state index contributed by atoms with van der Waals surface area (Å²) in [6.07, 6.45) is -4.38. The molecule has 0 spiro atoms. The van der Waals surface area contributed by atoms with Crippen molar-refractivity contribution in [3.05, 3.63) is 35.1 Å². The normalized spacial score (nSPS) is 13.7. The number of halogens is 4. The SMILES string of the molecule is CC(C)CC(N)C(=O)c1ccc(C(F)(F)F)c(F)c1. The van der Waals surface area contributed by atoms with Crippen LogP contribution in [0.25, 0.3) is 0 Å². The minimum atomic E-state index is -4.77. The van der Waals surface area contributed by atoms with E-state index >= 15 is 0 Å². The zero-order valence-electron chi connectivity index (χ0n) is 10.6. The summed E-state index contributed by atoms with van der Waals surface area (Å²) in [5.41, 5.74) is 4.10. The van der Waals surface area contributed by atoms with Crippen molar-refractivity contribution in [1.82, 2.24) is 0 Å². The average molecular weight is 277 g/mol. The summed E-state index contributed by atoms with van der Waals surface area (Å²) in [5.74, 6) is -1.85. The van der Waals surface area contributed by atoms with E-state index < -0.39 is 29.4 Å². The highest BCUT2D eigenvalue weighted by molar-refractivity contribution is 6.00. The maximum Gasteiger partial charge on any atom is 0.419 e. The predicted molar refractivity (Wildman–Crippen MR) is 63.2 cm³/mol. The predicted octanol–water partition coefficient (Wildman–Crippen LogP) is 3.40. The van der Waals surface area contributed by atoms with Gasteiger partial charge in [-0.05, 0) is 24.5 Å². The van der Waals surface area contributed by atoms with E-state index in [1.807, 2.05) is 13.8 Å². The summed E-state index contributed by atoms with van der Waals surface area (Å²) >= 11 is 0. The van der Waals surface area contributed by atoms with Crippen LogP contribution in [-0.4, -0.2) is 11.8 Å². The number of carbonyl (C=O) groups is 1. The highest BCUT2D eigenvalue weighted by Gasteiger charge is 2.34. The second-order valence-electron chi connectivity index (χ2n) is 4.79. The molecule has 19 heavy (non-hydrogen) atoms. The van der Waals surface area contributed by atoms with Gasteiger partial charge in [-0.3, -0.25) is 4.79 Å². The molecule has 0 aliphatic carbocycles. The Morgan fingerprint density at radius 1 is 1.32 bits per heavy atom. The maximum atomic E-state index is 13.3. The van der Waals surface area contributed by atoms with Gasteiger partial charge >= 0.3 is 6.18 Å². The molecule has 1 aromatic carbocycles. The molecule has 1 aromatic rings. The zero-order valence-corrected chi connectivity index (χ0v) is 10.6. The molecule has 2 nitrogen and oxygen atoms in total. The lowest BCUT2D eigenvalue weighted by atomic mass is 9.96. The Morgan fingerprint density at radius 3 is 2.32 bits per heavy atom. The van der Waals surface area contributed by atoms with Crippen LogP contribution < -0.4 is 5.73 Å². The third-order valence-corrected chi connectivity index (χ3v) is 2.62. The summed E-state index contributed by atoms with van der Waals surface area (Å²) < 4.78 is 50.4. The number of hydrogen-bond acceptors (Lipinski definition) is 2. The standard InChI is InChI=1S/C13H15F4NO/c1-7(2)5-11(18)12(19)8-3-4-9(10(14)6-8)13(15,16)17/h3-4,6-7,11H,5,18H2,1-2H3. The first kappa shape index (κ1) is 15.6. The van der Waals surface area contributed by atoms with Gasteiger partial charge in [0.15, 0.2) is 5.78 Å². The van der Waals surface area contributed by atoms with Crippen molar-refractivity contribution in [2.75, 3.05) is 0 Å². The van der Waals surface area contributed by atoms with Gasteiger partial charge in [0, 0.05) is 5.56 Å². The molecule has 0 aromatic heterocycles. The molecule has 0 amide bonds. The first-order valence-corrected chi connectivity index (χ1v) is 5.79. The van der Waals surface area contributed by atoms with Crippen LogP contribution in [0.15, 0.2) is 18.2 Å². The van der Waals surface area contributed by atoms with Crippen LogP contribution in [0.1, 0.15) is 36.2 Å². The number of hydrogen-bond donors (Lipinski definition) is 1. The minimum absolute atomic E-state index is 0.140. The first-order valence-electron chi connectivity index (χ1n) is 5.79. The molecule has 0 radical (unpaired) electrons. The third-order valence-electron chi connectivity index (χ3n) is 2.62. The van der Waals surface area contributed by atoms with Crippen LogP contribution in [0.2, 0.25) is 0 Å². The fourth-order valence-electron chi connectivity index (χ4n) is 1.73. The van der Waals surface area contributed by atoms with Gasteiger partial charge in [-0.25, -0.2) is 4.39 Å². The number of rotatable bonds is 4. The highest BCUT2D eigenvalue weighted by Crippen LogP contribution is 2.31. The van der Waals surface area contributed by atoms with Crippen LogP contribution >= 0.6 is 0 Å². The van der Waals surface area contributed by atoms with Gasteiger partial charge in [0.2, 0.25) is 0 Å². The zero-order chi connectivity index (χ0) is 14.8. The first-order chi connectivity index (χ1) is 8.62. The summed E-state index contributed by atoms with van der Waals surface area (Å²) in [7, 11) is 0.